The molecule has 0 aliphatic heterocycles. The van der Waals surface area contributed by atoms with Gasteiger partial charge in [0.25, 0.3) is 5.91 Å². The smallest absolute Gasteiger partial charge is 0.287 e. The molecule has 1 aromatic heterocycles. The maximum absolute atomic E-state index is 11.9. The van der Waals surface area contributed by atoms with Gasteiger partial charge in [-0.2, -0.15) is 0 Å². The summed E-state index contributed by atoms with van der Waals surface area (Å²) in [6, 6.07) is 10.1. The fraction of sp³-hybridized carbons (Fsp3) is 0.368. The van der Waals surface area contributed by atoms with Gasteiger partial charge in [-0.05, 0) is 31.9 Å². The summed E-state index contributed by atoms with van der Waals surface area (Å²) in [7, 11) is 1.74. The van der Waals surface area contributed by atoms with Crippen molar-refractivity contribution in [1.29, 1.82) is 0 Å². The highest BCUT2D eigenvalue weighted by Crippen LogP contribution is 2.07. The molecule has 0 unspecified atom stereocenters. The lowest BCUT2D eigenvalue weighted by molar-refractivity contribution is 0.0925. The number of rotatable bonds is 7. The van der Waals surface area contributed by atoms with Crippen LogP contribution in [0.1, 0.15) is 33.7 Å². The van der Waals surface area contributed by atoms with Gasteiger partial charge >= 0.3 is 0 Å². The molecule has 1 amide bonds. The molecule has 6 heteroatoms. The van der Waals surface area contributed by atoms with Gasteiger partial charge in [0.15, 0.2) is 11.7 Å². The lowest BCUT2D eigenvalue weighted by Crippen LogP contribution is -2.38. The van der Waals surface area contributed by atoms with E-state index in [0.29, 0.717) is 18.8 Å². The van der Waals surface area contributed by atoms with Crippen molar-refractivity contribution in [3.63, 3.8) is 0 Å². The number of nitrogens with one attached hydrogen (secondary N) is 3. The zero-order chi connectivity index (χ0) is 18.1. The van der Waals surface area contributed by atoms with Gasteiger partial charge in [-0.1, -0.05) is 29.8 Å². The van der Waals surface area contributed by atoms with Crippen molar-refractivity contribution in [2.24, 2.45) is 4.99 Å². The van der Waals surface area contributed by atoms with Crippen molar-refractivity contribution >= 4 is 11.9 Å². The Balaban J connectivity index is 1.64. The molecule has 1 aromatic carbocycles. The van der Waals surface area contributed by atoms with Crippen molar-refractivity contribution in [2.75, 3.05) is 20.1 Å². The van der Waals surface area contributed by atoms with E-state index in [9.17, 15) is 4.79 Å². The molecule has 0 fully saturated rings. The molecule has 1 heterocycles. The third-order valence-electron chi connectivity index (χ3n) is 3.77. The number of aliphatic imine (C=N–C) groups is 1. The summed E-state index contributed by atoms with van der Waals surface area (Å²) in [5, 5.41) is 9.37. The van der Waals surface area contributed by atoms with E-state index >= 15 is 0 Å². The molecule has 0 bridgehead atoms. The third-order valence-corrected chi connectivity index (χ3v) is 3.77. The van der Waals surface area contributed by atoms with Crippen LogP contribution >= 0.6 is 0 Å². The number of hydrogen-bond acceptors (Lipinski definition) is 3. The molecule has 6 nitrogen and oxygen atoms in total. The quantitative estimate of drug-likeness (QED) is 0.410. The Kier molecular flexibility index (Phi) is 7.07. The number of aryl methyl sites for hydroxylation is 2. The average Bonchev–Trinajstić information content (AvgIpc) is 3.03. The van der Waals surface area contributed by atoms with Gasteiger partial charge in [-0.25, -0.2) is 0 Å². The van der Waals surface area contributed by atoms with E-state index in [1.165, 1.54) is 17.4 Å². The van der Waals surface area contributed by atoms with Crippen molar-refractivity contribution < 1.29 is 9.21 Å². The highest BCUT2D eigenvalue weighted by Gasteiger charge is 2.11. The first-order valence-electron chi connectivity index (χ1n) is 8.42. The molecule has 0 aliphatic carbocycles. The van der Waals surface area contributed by atoms with Crippen molar-refractivity contribution in [3.8, 4) is 0 Å². The largest absolute Gasteiger partial charge is 0.459 e. The standard InChI is InChI=1S/C19H26N4O2/c1-14-6-4-7-16(12-14)13-23-19(20-3)22-10-5-9-21-18(24)17-15(2)8-11-25-17/h4,6-8,11-12H,5,9-10,13H2,1-3H3,(H,21,24)(H2,20,22,23). The summed E-state index contributed by atoms with van der Waals surface area (Å²) in [4.78, 5) is 16.1. The number of hydrogen-bond donors (Lipinski definition) is 3. The summed E-state index contributed by atoms with van der Waals surface area (Å²) >= 11 is 0. The second-order valence-electron chi connectivity index (χ2n) is 5.88. The number of guanidine groups is 1. The summed E-state index contributed by atoms with van der Waals surface area (Å²) in [5.74, 6) is 0.947. The highest BCUT2D eigenvalue weighted by atomic mass is 16.3. The van der Waals surface area contributed by atoms with Gasteiger partial charge in [0.1, 0.15) is 0 Å². The minimum Gasteiger partial charge on any atom is -0.459 e. The summed E-state index contributed by atoms with van der Waals surface area (Å²) < 4.78 is 5.16. The third kappa shape index (κ3) is 5.99. The molecule has 25 heavy (non-hydrogen) atoms. The SMILES string of the molecule is CN=C(NCCCNC(=O)c1occc1C)NCc1cccc(C)c1. The van der Waals surface area contributed by atoms with E-state index in [0.717, 1.165) is 24.5 Å². The number of nitrogens with zero attached hydrogens (tertiary/aromatic N) is 1. The fourth-order valence-electron chi connectivity index (χ4n) is 2.41. The van der Waals surface area contributed by atoms with Crippen LogP contribution in [0.4, 0.5) is 0 Å². The van der Waals surface area contributed by atoms with Crippen LogP contribution in [0, 0.1) is 13.8 Å². The van der Waals surface area contributed by atoms with Crippen LogP contribution in [0.5, 0.6) is 0 Å². The average molecular weight is 342 g/mol. The lowest BCUT2D eigenvalue weighted by atomic mass is 10.1. The molecule has 2 rings (SSSR count). The second kappa shape index (κ2) is 9.52. The van der Waals surface area contributed by atoms with E-state index < -0.39 is 0 Å². The Hall–Kier alpha value is -2.76. The van der Waals surface area contributed by atoms with E-state index in [4.69, 9.17) is 4.42 Å². The summed E-state index contributed by atoms with van der Waals surface area (Å²) in [6.45, 7) is 5.93. The van der Waals surface area contributed by atoms with Crippen molar-refractivity contribution in [3.05, 3.63) is 59.0 Å². The van der Waals surface area contributed by atoms with E-state index in [1.807, 2.05) is 13.0 Å². The Morgan fingerprint density at radius 2 is 1.92 bits per heavy atom. The van der Waals surface area contributed by atoms with Gasteiger partial charge in [-0.15, -0.1) is 0 Å². The summed E-state index contributed by atoms with van der Waals surface area (Å²) in [6.07, 6.45) is 2.31. The van der Waals surface area contributed by atoms with Crippen LogP contribution in [-0.2, 0) is 6.54 Å². The number of benzene rings is 1. The Morgan fingerprint density at radius 1 is 1.12 bits per heavy atom. The number of furan rings is 1. The Morgan fingerprint density at radius 3 is 2.60 bits per heavy atom. The molecule has 3 N–H and O–H groups in total. The zero-order valence-electron chi connectivity index (χ0n) is 15.1. The predicted octanol–water partition coefficient (Wildman–Crippen LogP) is 2.38. The molecule has 0 radical (unpaired) electrons. The highest BCUT2D eigenvalue weighted by molar-refractivity contribution is 5.92. The zero-order valence-corrected chi connectivity index (χ0v) is 15.1. The van der Waals surface area contributed by atoms with Crippen LogP contribution in [0.25, 0.3) is 0 Å². The lowest BCUT2D eigenvalue weighted by Gasteiger charge is -2.12. The van der Waals surface area contributed by atoms with Crippen LogP contribution in [0.2, 0.25) is 0 Å². The molecule has 0 aliphatic rings. The van der Waals surface area contributed by atoms with Gasteiger partial charge in [0.2, 0.25) is 0 Å². The Bertz CT molecular complexity index is 722. The van der Waals surface area contributed by atoms with E-state index in [2.05, 4.69) is 46.1 Å². The van der Waals surface area contributed by atoms with Crippen molar-refractivity contribution in [2.45, 2.75) is 26.8 Å². The maximum atomic E-state index is 11.9. The van der Waals surface area contributed by atoms with Crippen LogP contribution in [0.3, 0.4) is 0 Å². The monoisotopic (exact) mass is 342 g/mol. The van der Waals surface area contributed by atoms with Gasteiger partial charge in [-0.3, -0.25) is 9.79 Å². The van der Waals surface area contributed by atoms with Crippen LogP contribution < -0.4 is 16.0 Å². The fourth-order valence-corrected chi connectivity index (χ4v) is 2.41. The predicted molar refractivity (Wildman–Crippen MR) is 99.8 cm³/mol. The summed E-state index contributed by atoms with van der Waals surface area (Å²) in [5.41, 5.74) is 3.30. The normalized spacial score (nSPS) is 11.2. The van der Waals surface area contributed by atoms with Gasteiger partial charge in [0.05, 0.1) is 6.26 Å². The van der Waals surface area contributed by atoms with Gasteiger partial charge in [0, 0.05) is 32.2 Å². The first-order chi connectivity index (χ1) is 12.1. The van der Waals surface area contributed by atoms with Gasteiger partial charge < -0.3 is 20.4 Å². The van der Waals surface area contributed by atoms with E-state index in [1.54, 1.807) is 13.1 Å². The molecule has 0 saturated heterocycles. The molecule has 0 spiro atoms. The van der Waals surface area contributed by atoms with Crippen molar-refractivity contribution in [1.82, 2.24) is 16.0 Å². The second-order valence-corrected chi connectivity index (χ2v) is 5.88. The Labute approximate surface area is 148 Å². The molecule has 134 valence electrons. The molecular weight excluding hydrogens is 316 g/mol. The first kappa shape index (κ1) is 18.6. The first-order valence-corrected chi connectivity index (χ1v) is 8.42. The molecule has 2 aromatic rings. The molecule has 0 saturated carbocycles. The van der Waals surface area contributed by atoms with Crippen LogP contribution in [0.15, 0.2) is 46.0 Å². The minimum absolute atomic E-state index is 0.176. The van der Waals surface area contributed by atoms with E-state index in [-0.39, 0.29) is 5.91 Å². The topological polar surface area (TPSA) is 78.7 Å². The molecular formula is C19H26N4O2. The van der Waals surface area contributed by atoms with Crippen LogP contribution in [-0.4, -0.2) is 32.0 Å². The molecule has 0 atom stereocenters. The number of carbonyl (C=O) groups excluding carboxylic acids is 1. The maximum Gasteiger partial charge on any atom is 0.287 e. The number of carbonyl (C=O) groups is 1. The number of amides is 1. The minimum atomic E-state index is -0.176.